The van der Waals surface area contributed by atoms with Crippen LogP contribution in [0, 0.1) is 5.92 Å². The molecule has 1 aliphatic heterocycles. The van der Waals surface area contributed by atoms with E-state index in [1.165, 1.54) is 6.26 Å². The van der Waals surface area contributed by atoms with E-state index in [4.69, 9.17) is 4.74 Å². The zero-order valence-corrected chi connectivity index (χ0v) is 9.09. The molecule has 0 fully saturated rings. The first-order valence-electron chi connectivity index (χ1n) is 5.29. The molecule has 1 N–H and O–H groups in total. The molecule has 2 rings (SSSR count). The van der Waals surface area contributed by atoms with Crippen LogP contribution in [0.1, 0.15) is 18.9 Å². The average Bonchev–Trinajstić information content (AvgIpc) is 2.45. The standard InChI is InChI=1S/C13H14O3/c1-10-6-5-9-16-12(14)13(10,15)11-7-3-2-4-8-11/h2-5,7-10,15H,6H2,1H3/t10-,13+/m1/s1. The average molecular weight is 218 g/mol. The van der Waals surface area contributed by atoms with Gasteiger partial charge >= 0.3 is 5.97 Å². The summed E-state index contributed by atoms with van der Waals surface area (Å²) in [6.45, 7) is 1.84. The largest absolute Gasteiger partial charge is 0.432 e. The maximum atomic E-state index is 11.8. The quantitative estimate of drug-likeness (QED) is 0.733. The molecule has 84 valence electrons. The van der Waals surface area contributed by atoms with Crippen LogP contribution in [0.5, 0.6) is 0 Å². The van der Waals surface area contributed by atoms with Gasteiger partial charge in [0, 0.05) is 5.92 Å². The SMILES string of the molecule is C[C@@H]1CC=COC(=O)[C@@]1(O)c1ccccc1. The molecule has 1 aromatic rings. The van der Waals surface area contributed by atoms with Crippen LogP contribution < -0.4 is 0 Å². The van der Waals surface area contributed by atoms with Gasteiger partial charge in [0.15, 0.2) is 5.60 Å². The normalized spacial score (nSPS) is 29.6. The number of hydrogen-bond donors (Lipinski definition) is 1. The second kappa shape index (κ2) is 4.10. The lowest BCUT2D eigenvalue weighted by Gasteiger charge is -2.29. The Morgan fingerprint density at radius 1 is 1.38 bits per heavy atom. The number of rotatable bonds is 1. The maximum absolute atomic E-state index is 11.8. The van der Waals surface area contributed by atoms with Gasteiger partial charge < -0.3 is 9.84 Å². The lowest BCUT2D eigenvalue weighted by Crippen LogP contribution is -2.41. The number of cyclic esters (lactones) is 1. The first kappa shape index (κ1) is 10.9. The number of allylic oxidation sites excluding steroid dienone is 1. The maximum Gasteiger partial charge on any atom is 0.347 e. The molecular weight excluding hydrogens is 204 g/mol. The van der Waals surface area contributed by atoms with Crippen LogP contribution in [0.25, 0.3) is 0 Å². The van der Waals surface area contributed by atoms with E-state index in [0.717, 1.165) is 0 Å². The molecule has 2 atom stereocenters. The number of aliphatic hydroxyl groups is 1. The van der Waals surface area contributed by atoms with Crippen molar-refractivity contribution in [3.63, 3.8) is 0 Å². The van der Waals surface area contributed by atoms with Gasteiger partial charge in [-0.2, -0.15) is 0 Å². The highest BCUT2D eigenvalue weighted by Crippen LogP contribution is 2.35. The van der Waals surface area contributed by atoms with Gasteiger partial charge in [-0.05, 0) is 18.1 Å². The Balaban J connectivity index is 2.45. The van der Waals surface area contributed by atoms with Crippen molar-refractivity contribution in [3.05, 3.63) is 48.2 Å². The molecule has 3 heteroatoms. The van der Waals surface area contributed by atoms with Crippen LogP contribution >= 0.6 is 0 Å². The summed E-state index contributed by atoms with van der Waals surface area (Å²) in [5.74, 6) is -0.818. The van der Waals surface area contributed by atoms with Crippen molar-refractivity contribution in [2.75, 3.05) is 0 Å². The van der Waals surface area contributed by atoms with Crippen LogP contribution in [-0.2, 0) is 15.1 Å². The minimum absolute atomic E-state index is 0.207. The summed E-state index contributed by atoms with van der Waals surface area (Å²) in [6.07, 6.45) is 3.71. The predicted octanol–water partition coefficient (Wildman–Crippen LogP) is 1.97. The van der Waals surface area contributed by atoms with Crippen molar-refractivity contribution in [1.29, 1.82) is 0 Å². The van der Waals surface area contributed by atoms with Gasteiger partial charge in [-0.3, -0.25) is 0 Å². The minimum atomic E-state index is -1.55. The van der Waals surface area contributed by atoms with Crippen LogP contribution in [0.15, 0.2) is 42.7 Å². The summed E-state index contributed by atoms with van der Waals surface area (Å²) in [5.41, 5.74) is -0.971. The van der Waals surface area contributed by atoms with Gasteiger partial charge in [0.2, 0.25) is 0 Å². The van der Waals surface area contributed by atoms with Crippen LogP contribution in [0.3, 0.4) is 0 Å². The molecule has 16 heavy (non-hydrogen) atoms. The van der Waals surface area contributed by atoms with Gasteiger partial charge in [0.25, 0.3) is 0 Å². The van der Waals surface area contributed by atoms with Crippen LogP contribution in [0.4, 0.5) is 0 Å². The van der Waals surface area contributed by atoms with E-state index in [2.05, 4.69) is 0 Å². The third kappa shape index (κ3) is 1.63. The van der Waals surface area contributed by atoms with E-state index in [1.807, 2.05) is 13.0 Å². The fourth-order valence-electron chi connectivity index (χ4n) is 1.93. The molecule has 0 radical (unpaired) electrons. The van der Waals surface area contributed by atoms with Gasteiger partial charge in [0.1, 0.15) is 0 Å². The summed E-state index contributed by atoms with van der Waals surface area (Å²) >= 11 is 0. The first-order valence-corrected chi connectivity index (χ1v) is 5.29. The molecule has 0 saturated carbocycles. The smallest absolute Gasteiger partial charge is 0.347 e. The summed E-state index contributed by atoms with van der Waals surface area (Å²) in [6, 6.07) is 8.92. The molecule has 0 unspecified atom stereocenters. The molecular formula is C13H14O3. The minimum Gasteiger partial charge on any atom is -0.432 e. The summed E-state index contributed by atoms with van der Waals surface area (Å²) in [5, 5.41) is 10.5. The van der Waals surface area contributed by atoms with Crippen molar-refractivity contribution < 1.29 is 14.6 Å². The Hall–Kier alpha value is -1.61. The van der Waals surface area contributed by atoms with Crippen molar-refractivity contribution in [1.82, 2.24) is 0 Å². The van der Waals surface area contributed by atoms with Crippen LogP contribution in [0.2, 0.25) is 0 Å². The highest BCUT2D eigenvalue weighted by Gasteiger charge is 2.45. The van der Waals surface area contributed by atoms with E-state index < -0.39 is 11.6 Å². The van der Waals surface area contributed by atoms with E-state index in [-0.39, 0.29) is 5.92 Å². The molecule has 1 heterocycles. The Labute approximate surface area is 94.4 Å². The monoisotopic (exact) mass is 218 g/mol. The molecule has 0 spiro atoms. The van der Waals surface area contributed by atoms with E-state index in [1.54, 1.807) is 30.3 Å². The first-order chi connectivity index (χ1) is 7.65. The lowest BCUT2D eigenvalue weighted by molar-refractivity contribution is -0.165. The van der Waals surface area contributed by atoms with Gasteiger partial charge in [0.05, 0.1) is 6.26 Å². The second-order valence-corrected chi connectivity index (χ2v) is 4.05. The summed E-state index contributed by atoms with van der Waals surface area (Å²) < 4.78 is 4.87. The molecule has 3 nitrogen and oxygen atoms in total. The zero-order chi connectivity index (χ0) is 11.6. The molecule has 0 aliphatic carbocycles. The Morgan fingerprint density at radius 3 is 2.75 bits per heavy atom. The highest BCUT2D eigenvalue weighted by atomic mass is 16.5. The lowest BCUT2D eigenvalue weighted by atomic mass is 9.81. The van der Waals surface area contributed by atoms with Crippen molar-refractivity contribution in [3.8, 4) is 0 Å². The fraction of sp³-hybridized carbons (Fsp3) is 0.308. The highest BCUT2D eigenvalue weighted by molar-refractivity contribution is 5.82. The number of ether oxygens (including phenoxy) is 1. The number of carbonyl (C=O) groups is 1. The van der Waals surface area contributed by atoms with E-state index >= 15 is 0 Å². The van der Waals surface area contributed by atoms with Crippen molar-refractivity contribution in [2.45, 2.75) is 18.9 Å². The van der Waals surface area contributed by atoms with Crippen molar-refractivity contribution >= 4 is 5.97 Å². The Morgan fingerprint density at radius 2 is 2.06 bits per heavy atom. The number of hydrogen-bond acceptors (Lipinski definition) is 3. The third-order valence-corrected chi connectivity index (χ3v) is 3.00. The molecule has 0 bridgehead atoms. The molecule has 0 amide bonds. The predicted molar refractivity (Wildman–Crippen MR) is 59.4 cm³/mol. The fourth-order valence-corrected chi connectivity index (χ4v) is 1.93. The molecule has 0 saturated heterocycles. The second-order valence-electron chi connectivity index (χ2n) is 4.05. The molecule has 0 aromatic heterocycles. The summed E-state index contributed by atoms with van der Waals surface area (Å²) in [4.78, 5) is 11.8. The molecule has 1 aliphatic rings. The van der Waals surface area contributed by atoms with Gasteiger partial charge in [-0.1, -0.05) is 37.3 Å². The Bertz CT molecular complexity index is 410. The van der Waals surface area contributed by atoms with E-state index in [9.17, 15) is 9.90 Å². The topological polar surface area (TPSA) is 46.5 Å². The van der Waals surface area contributed by atoms with Crippen LogP contribution in [-0.4, -0.2) is 11.1 Å². The van der Waals surface area contributed by atoms with E-state index in [0.29, 0.717) is 12.0 Å². The number of carbonyl (C=O) groups excluding carboxylic acids is 1. The summed E-state index contributed by atoms with van der Waals surface area (Å²) in [7, 11) is 0. The van der Waals surface area contributed by atoms with Crippen molar-refractivity contribution in [2.24, 2.45) is 5.92 Å². The zero-order valence-electron chi connectivity index (χ0n) is 9.09. The Kier molecular flexibility index (Phi) is 2.79. The number of benzene rings is 1. The van der Waals surface area contributed by atoms with Gasteiger partial charge in [-0.25, -0.2) is 4.79 Å². The molecule has 1 aromatic carbocycles. The third-order valence-electron chi connectivity index (χ3n) is 3.00. The van der Waals surface area contributed by atoms with Gasteiger partial charge in [-0.15, -0.1) is 0 Å². The number of esters is 1.